The smallest absolute Gasteiger partial charge is 0.204 e. The first-order valence-corrected chi connectivity index (χ1v) is 13.3. The predicted octanol–water partition coefficient (Wildman–Crippen LogP) is 7.04. The molecule has 0 aliphatic rings. The van der Waals surface area contributed by atoms with Gasteiger partial charge in [0, 0.05) is 0 Å². The van der Waals surface area contributed by atoms with E-state index in [0.717, 1.165) is 51.4 Å². The molecule has 7 heteroatoms. The lowest BCUT2D eigenvalue weighted by atomic mass is 9.99. The molecule has 200 valence electrons. The van der Waals surface area contributed by atoms with Gasteiger partial charge in [-0.15, -0.1) is 0 Å². The molecule has 36 heavy (non-hydrogen) atoms. The summed E-state index contributed by atoms with van der Waals surface area (Å²) in [5.74, 6) is 0.227. The molecular weight excluding hydrogens is 460 g/mol. The van der Waals surface area contributed by atoms with E-state index in [-0.39, 0.29) is 51.4 Å². The van der Waals surface area contributed by atoms with Crippen LogP contribution in [0.5, 0.6) is 34.5 Å². The van der Waals surface area contributed by atoms with Crippen molar-refractivity contribution >= 4 is 5.78 Å². The summed E-state index contributed by atoms with van der Waals surface area (Å²) in [6.07, 6.45) is 6.88. The number of carbonyl (C=O) groups is 1. The van der Waals surface area contributed by atoms with Crippen molar-refractivity contribution in [1.29, 1.82) is 0 Å². The van der Waals surface area contributed by atoms with E-state index in [0.29, 0.717) is 26.4 Å². The van der Waals surface area contributed by atoms with E-state index in [1.54, 1.807) is 0 Å². The molecule has 7 nitrogen and oxygen atoms in total. The number of unbranched alkanes of at least 4 members (excludes halogenated alkanes) is 4. The van der Waals surface area contributed by atoms with Gasteiger partial charge in [0.2, 0.25) is 17.3 Å². The van der Waals surface area contributed by atoms with Crippen molar-refractivity contribution in [2.45, 2.75) is 79.1 Å². The lowest BCUT2D eigenvalue weighted by Crippen LogP contribution is -2.12. The summed E-state index contributed by atoms with van der Waals surface area (Å²) in [6, 6.07) is 5.95. The second-order valence-corrected chi connectivity index (χ2v) is 8.72. The van der Waals surface area contributed by atoms with Gasteiger partial charge >= 0.3 is 0 Å². The average molecular weight is 503 g/mol. The Hall–Kier alpha value is -3.09. The zero-order chi connectivity index (χ0) is 26.3. The third kappa shape index (κ3) is 7.97. The summed E-state index contributed by atoms with van der Waals surface area (Å²) in [6.45, 7) is 9.74. The molecule has 0 saturated carbocycles. The van der Waals surface area contributed by atoms with Gasteiger partial charge in [-0.05, 0) is 49.9 Å². The SMILES string of the molecule is CCCCOc1c(O)ccc(C(=O)c2ccc(O)c(OCCCC)c2OCCCC)c1OCCCC. The van der Waals surface area contributed by atoms with E-state index < -0.39 is 0 Å². The van der Waals surface area contributed by atoms with Crippen molar-refractivity contribution in [1.82, 2.24) is 0 Å². The number of hydrogen-bond donors (Lipinski definition) is 2. The average Bonchev–Trinajstić information content (AvgIpc) is 2.87. The largest absolute Gasteiger partial charge is 0.504 e. The number of benzene rings is 2. The standard InChI is InChI=1S/C29H42O7/c1-5-9-17-33-26-21(13-15-23(30)28(26)35-19-11-7-3)25(32)22-14-16-24(31)29(36-20-12-8-4)27(22)34-18-10-6-2/h13-16,30-31H,5-12,17-20H2,1-4H3. The van der Waals surface area contributed by atoms with Crippen LogP contribution in [0.25, 0.3) is 0 Å². The first-order chi connectivity index (χ1) is 17.5. The molecule has 0 heterocycles. The summed E-state index contributed by atoms with van der Waals surface area (Å²) in [7, 11) is 0. The topological polar surface area (TPSA) is 94.5 Å². The molecule has 0 radical (unpaired) electrons. The number of ketones is 1. The normalized spacial score (nSPS) is 10.8. The van der Waals surface area contributed by atoms with Gasteiger partial charge in [-0.25, -0.2) is 0 Å². The quantitative estimate of drug-likeness (QED) is 0.167. The van der Waals surface area contributed by atoms with E-state index in [1.807, 2.05) is 27.7 Å². The highest BCUT2D eigenvalue weighted by molar-refractivity contribution is 6.13. The van der Waals surface area contributed by atoms with E-state index >= 15 is 0 Å². The minimum absolute atomic E-state index is 0.0807. The maximum absolute atomic E-state index is 13.9. The highest BCUT2D eigenvalue weighted by atomic mass is 16.5. The molecule has 0 spiro atoms. The number of aromatic hydroxyl groups is 2. The zero-order valence-electron chi connectivity index (χ0n) is 22.2. The van der Waals surface area contributed by atoms with Crippen LogP contribution in [0, 0.1) is 0 Å². The third-order valence-corrected chi connectivity index (χ3v) is 5.65. The maximum Gasteiger partial charge on any atom is 0.204 e. The minimum Gasteiger partial charge on any atom is -0.504 e. The van der Waals surface area contributed by atoms with Crippen LogP contribution in [0.4, 0.5) is 0 Å². The number of phenolic OH excluding ortho intramolecular Hbond substituents is 2. The van der Waals surface area contributed by atoms with Crippen molar-refractivity contribution in [3.63, 3.8) is 0 Å². The Bertz CT molecular complexity index is 880. The Morgan fingerprint density at radius 3 is 1.17 bits per heavy atom. The molecule has 0 aromatic heterocycles. The Balaban J connectivity index is 2.57. The van der Waals surface area contributed by atoms with E-state index in [4.69, 9.17) is 18.9 Å². The minimum atomic E-state index is -0.367. The summed E-state index contributed by atoms with van der Waals surface area (Å²) in [5, 5.41) is 21.1. The molecule has 0 bridgehead atoms. The van der Waals surface area contributed by atoms with E-state index in [1.165, 1.54) is 24.3 Å². The summed E-state index contributed by atoms with van der Waals surface area (Å²) in [5.41, 5.74) is 0.502. The first kappa shape index (κ1) is 29.1. The number of phenols is 2. The molecular formula is C29H42O7. The van der Waals surface area contributed by atoms with Crippen molar-refractivity contribution in [2.24, 2.45) is 0 Å². The fraction of sp³-hybridized carbons (Fsp3) is 0.552. The molecule has 0 saturated heterocycles. The van der Waals surface area contributed by atoms with Gasteiger partial charge in [-0.1, -0.05) is 53.4 Å². The molecule has 0 fully saturated rings. The van der Waals surface area contributed by atoms with E-state index in [2.05, 4.69) is 0 Å². The molecule has 0 unspecified atom stereocenters. The Labute approximate surface area is 215 Å². The lowest BCUT2D eigenvalue weighted by Gasteiger charge is -2.20. The molecule has 0 amide bonds. The van der Waals surface area contributed by atoms with E-state index in [9.17, 15) is 15.0 Å². The number of carbonyl (C=O) groups excluding carboxylic acids is 1. The predicted molar refractivity (Wildman–Crippen MR) is 141 cm³/mol. The van der Waals surface area contributed by atoms with Crippen LogP contribution < -0.4 is 18.9 Å². The highest BCUT2D eigenvalue weighted by Gasteiger charge is 2.27. The molecule has 2 aromatic rings. The molecule has 0 aliphatic carbocycles. The fourth-order valence-corrected chi connectivity index (χ4v) is 3.45. The summed E-state index contributed by atoms with van der Waals surface area (Å²) < 4.78 is 23.7. The second-order valence-electron chi connectivity index (χ2n) is 8.72. The van der Waals surface area contributed by atoms with Crippen LogP contribution in [0.1, 0.15) is 95.0 Å². The Morgan fingerprint density at radius 1 is 0.556 bits per heavy atom. The highest BCUT2D eigenvalue weighted by Crippen LogP contribution is 2.44. The van der Waals surface area contributed by atoms with Gasteiger partial charge in [-0.2, -0.15) is 0 Å². The molecule has 2 rings (SSSR count). The molecule has 0 atom stereocenters. The van der Waals surface area contributed by atoms with Gasteiger partial charge in [-0.3, -0.25) is 4.79 Å². The summed E-state index contributed by atoms with van der Waals surface area (Å²) in [4.78, 5) is 13.9. The second kappa shape index (κ2) is 15.8. The van der Waals surface area contributed by atoms with Crippen molar-refractivity contribution in [2.75, 3.05) is 26.4 Å². The van der Waals surface area contributed by atoms with Crippen LogP contribution in [-0.4, -0.2) is 42.4 Å². The molecule has 2 N–H and O–H groups in total. The first-order valence-electron chi connectivity index (χ1n) is 13.3. The fourth-order valence-electron chi connectivity index (χ4n) is 3.45. The monoisotopic (exact) mass is 502 g/mol. The van der Waals surface area contributed by atoms with Crippen LogP contribution in [0.3, 0.4) is 0 Å². The van der Waals surface area contributed by atoms with Crippen LogP contribution >= 0.6 is 0 Å². The zero-order valence-corrected chi connectivity index (χ0v) is 22.2. The van der Waals surface area contributed by atoms with Crippen LogP contribution in [0.2, 0.25) is 0 Å². The lowest BCUT2D eigenvalue weighted by molar-refractivity contribution is 0.102. The van der Waals surface area contributed by atoms with Gasteiger partial charge in [0.1, 0.15) is 0 Å². The van der Waals surface area contributed by atoms with Gasteiger partial charge in [0.05, 0.1) is 37.6 Å². The third-order valence-electron chi connectivity index (χ3n) is 5.65. The molecule has 2 aromatic carbocycles. The number of rotatable bonds is 18. The molecule has 0 aliphatic heterocycles. The van der Waals surface area contributed by atoms with Crippen LogP contribution in [-0.2, 0) is 0 Å². The maximum atomic E-state index is 13.9. The summed E-state index contributed by atoms with van der Waals surface area (Å²) >= 11 is 0. The van der Waals surface area contributed by atoms with Crippen molar-refractivity contribution < 1.29 is 34.0 Å². The van der Waals surface area contributed by atoms with Gasteiger partial charge in [0.15, 0.2) is 23.0 Å². The Kier molecular flexibility index (Phi) is 12.8. The Morgan fingerprint density at radius 2 is 0.861 bits per heavy atom. The van der Waals surface area contributed by atoms with Crippen molar-refractivity contribution in [3.05, 3.63) is 35.4 Å². The van der Waals surface area contributed by atoms with Gasteiger partial charge < -0.3 is 29.2 Å². The number of ether oxygens (including phenoxy) is 4. The number of hydrogen-bond acceptors (Lipinski definition) is 7. The van der Waals surface area contributed by atoms with Crippen molar-refractivity contribution in [3.8, 4) is 34.5 Å². The van der Waals surface area contributed by atoms with Gasteiger partial charge in [0.25, 0.3) is 0 Å². The van der Waals surface area contributed by atoms with Crippen LogP contribution in [0.15, 0.2) is 24.3 Å².